The highest BCUT2D eigenvalue weighted by Gasteiger charge is 2.26. The molecule has 0 N–H and O–H groups in total. The summed E-state index contributed by atoms with van der Waals surface area (Å²) in [6, 6.07) is 5.78. The number of piperidine rings is 1. The van der Waals surface area contributed by atoms with Crippen LogP contribution in [0.25, 0.3) is 0 Å². The van der Waals surface area contributed by atoms with Crippen LogP contribution in [0.5, 0.6) is 0 Å². The Balaban J connectivity index is 1.83. The molecule has 0 radical (unpaired) electrons. The quantitative estimate of drug-likeness (QED) is 0.830. The van der Waals surface area contributed by atoms with Crippen molar-refractivity contribution in [2.75, 3.05) is 18.0 Å². The molecular formula is C14H15N5O. The molecule has 0 bridgehead atoms. The summed E-state index contributed by atoms with van der Waals surface area (Å²) in [5.74, 6) is 2.32. The Morgan fingerprint density at radius 3 is 3.15 bits per heavy atom. The average molecular weight is 269 g/mol. The van der Waals surface area contributed by atoms with E-state index < -0.39 is 0 Å². The van der Waals surface area contributed by atoms with Gasteiger partial charge in [-0.25, -0.2) is 4.98 Å². The van der Waals surface area contributed by atoms with Crippen molar-refractivity contribution in [3.05, 3.63) is 35.6 Å². The molecule has 102 valence electrons. The number of hydrogen-bond acceptors (Lipinski definition) is 6. The van der Waals surface area contributed by atoms with Crippen LogP contribution in [0.1, 0.15) is 36.0 Å². The van der Waals surface area contributed by atoms with E-state index in [1.165, 1.54) is 0 Å². The maximum Gasteiger partial charge on any atom is 0.223 e. The molecule has 1 fully saturated rings. The van der Waals surface area contributed by atoms with E-state index in [1.807, 2.05) is 0 Å². The lowest BCUT2D eigenvalue weighted by atomic mass is 9.97. The van der Waals surface area contributed by atoms with Crippen molar-refractivity contribution in [3.8, 4) is 6.07 Å². The molecule has 20 heavy (non-hydrogen) atoms. The maximum absolute atomic E-state index is 9.18. The van der Waals surface area contributed by atoms with E-state index >= 15 is 0 Å². The van der Waals surface area contributed by atoms with Crippen LogP contribution in [0, 0.1) is 18.3 Å². The fourth-order valence-corrected chi connectivity index (χ4v) is 2.60. The first-order chi connectivity index (χ1) is 9.78. The second-order valence-corrected chi connectivity index (χ2v) is 4.94. The lowest BCUT2D eigenvalue weighted by Crippen LogP contribution is -2.35. The number of pyridine rings is 1. The van der Waals surface area contributed by atoms with E-state index in [-0.39, 0.29) is 5.92 Å². The minimum atomic E-state index is 0.231. The Bertz CT molecular complexity index is 645. The molecule has 0 unspecified atom stereocenters. The highest BCUT2D eigenvalue weighted by molar-refractivity contribution is 5.53. The minimum absolute atomic E-state index is 0.231. The fourth-order valence-electron chi connectivity index (χ4n) is 2.60. The molecule has 3 heterocycles. The number of rotatable bonds is 2. The SMILES string of the molecule is Cc1nc([C@@H]2CCCN(c3ncccc3C#N)C2)no1. The van der Waals surface area contributed by atoms with Crippen molar-refractivity contribution in [3.63, 3.8) is 0 Å². The third kappa shape index (κ3) is 2.35. The van der Waals surface area contributed by atoms with E-state index in [1.54, 1.807) is 25.3 Å². The van der Waals surface area contributed by atoms with Crippen LogP contribution in [0.2, 0.25) is 0 Å². The van der Waals surface area contributed by atoms with Gasteiger partial charge in [-0.2, -0.15) is 10.2 Å². The molecule has 0 aromatic carbocycles. The van der Waals surface area contributed by atoms with Gasteiger partial charge in [-0.1, -0.05) is 5.16 Å². The number of aromatic nitrogens is 3. The van der Waals surface area contributed by atoms with Crippen LogP contribution in [0.4, 0.5) is 5.82 Å². The highest BCUT2D eigenvalue weighted by Crippen LogP contribution is 2.28. The van der Waals surface area contributed by atoms with Gasteiger partial charge in [-0.3, -0.25) is 0 Å². The van der Waals surface area contributed by atoms with Gasteiger partial charge in [0.25, 0.3) is 0 Å². The van der Waals surface area contributed by atoms with Crippen molar-refractivity contribution in [2.24, 2.45) is 0 Å². The van der Waals surface area contributed by atoms with Gasteiger partial charge in [0.15, 0.2) is 5.82 Å². The van der Waals surface area contributed by atoms with Crippen molar-refractivity contribution < 1.29 is 4.52 Å². The van der Waals surface area contributed by atoms with Gasteiger partial charge in [0.1, 0.15) is 11.9 Å². The normalized spacial score (nSPS) is 18.8. The van der Waals surface area contributed by atoms with E-state index in [9.17, 15) is 5.26 Å². The number of anilines is 1. The van der Waals surface area contributed by atoms with Gasteiger partial charge in [0, 0.05) is 32.1 Å². The molecule has 1 atom stereocenters. The minimum Gasteiger partial charge on any atom is -0.355 e. The highest BCUT2D eigenvalue weighted by atomic mass is 16.5. The van der Waals surface area contributed by atoms with Crippen LogP contribution >= 0.6 is 0 Å². The summed E-state index contributed by atoms with van der Waals surface area (Å²) < 4.78 is 5.06. The van der Waals surface area contributed by atoms with Crippen LogP contribution in [0.3, 0.4) is 0 Å². The first-order valence-corrected chi connectivity index (χ1v) is 6.68. The number of nitriles is 1. The van der Waals surface area contributed by atoms with E-state index in [0.29, 0.717) is 11.5 Å². The summed E-state index contributed by atoms with van der Waals surface area (Å²) in [6.45, 7) is 3.47. The molecule has 1 aliphatic heterocycles. The molecule has 0 spiro atoms. The Labute approximate surface area is 117 Å². The predicted octanol–water partition coefficient (Wildman–Crippen LogP) is 2.03. The molecule has 1 saturated heterocycles. The Morgan fingerprint density at radius 2 is 2.40 bits per heavy atom. The van der Waals surface area contributed by atoms with Crippen molar-refractivity contribution in [1.29, 1.82) is 5.26 Å². The molecule has 2 aromatic rings. The largest absolute Gasteiger partial charge is 0.355 e. The van der Waals surface area contributed by atoms with Crippen molar-refractivity contribution in [2.45, 2.75) is 25.7 Å². The molecule has 1 aliphatic rings. The zero-order valence-corrected chi connectivity index (χ0v) is 11.3. The summed E-state index contributed by atoms with van der Waals surface area (Å²) in [7, 11) is 0. The van der Waals surface area contributed by atoms with E-state index in [4.69, 9.17) is 4.52 Å². The molecule has 0 saturated carbocycles. The van der Waals surface area contributed by atoms with Gasteiger partial charge < -0.3 is 9.42 Å². The molecule has 0 amide bonds. The first-order valence-electron chi connectivity index (χ1n) is 6.68. The Hall–Kier alpha value is -2.42. The third-order valence-electron chi connectivity index (χ3n) is 3.54. The summed E-state index contributed by atoms with van der Waals surface area (Å²) in [5.41, 5.74) is 0.609. The Morgan fingerprint density at radius 1 is 1.50 bits per heavy atom. The van der Waals surface area contributed by atoms with Crippen LogP contribution in [0.15, 0.2) is 22.9 Å². The van der Waals surface area contributed by atoms with Gasteiger partial charge in [-0.05, 0) is 25.0 Å². The van der Waals surface area contributed by atoms with Gasteiger partial charge in [-0.15, -0.1) is 0 Å². The standard InChI is InChI=1S/C14H15N5O/c1-10-17-13(18-20-10)12-5-3-7-19(9-12)14-11(8-15)4-2-6-16-14/h2,4,6,12H,3,5,7,9H2,1H3/t12-/m1/s1. The average Bonchev–Trinajstić information content (AvgIpc) is 2.94. The lowest BCUT2D eigenvalue weighted by molar-refractivity contribution is 0.376. The molecular weight excluding hydrogens is 254 g/mol. The van der Waals surface area contributed by atoms with E-state index in [2.05, 4.69) is 26.1 Å². The topological polar surface area (TPSA) is 78.8 Å². The molecule has 2 aromatic heterocycles. The van der Waals surface area contributed by atoms with Gasteiger partial charge in [0.2, 0.25) is 5.89 Å². The molecule has 3 rings (SSSR count). The van der Waals surface area contributed by atoms with Crippen molar-refractivity contribution >= 4 is 5.82 Å². The summed E-state index contributed by atoms with van der Waals surface area (Å²) >= 11 is 0. The second-order valence-electron chi connectivity index (χ2n) is 4.94. The van der Waals surface area contributed by atoms with Crippen molar-refractivity contribution in [1.82, 2.24) is 15.1 Å². The lowest BCUT2D eigenvalue weighted by Gasteiger charge is -2.32. The van der Waals surface area contributed by atoms with Crippen LogP contribution in [-0.4, -0.2) is 28.2 Å². The zero-order valence-electron chi connectivity index (χ0n) is 11.3. The van der Waals surface area contributed by atoms with Gasteiger partial charge in [0.05, 0.1) is 5.56 Å². The summed E-state index contributed by atoms with van der Waals surface area (Å²) in [6.07, 6.45) is 3.78. The number of hydrogen-bond donors (Lipinski definition) is 0. The van der Waals surface area contributed by atoms with E-state index in [0.717, 1.165) is 37.6 Å². The Kier molecular flexibility index (Phi) is 3.33. The smallest absolute Gasteiger partial charge is 0.223 e. The monoisotopic (exact) mass is 269 g/mol. The maximum atomic E-state index is 9.18. The van der Waals surface area contributed by atoms with Crippen LogP contribution < -0.4 is 4.90 Å². The molecule has 6 nitrogen and oxygen atoms in total. The first kappa shape index (κ1) is 12.6. The second kappa shape index (κ2) is 5.29. The molecule has 6 heteroatoms. The molecule has 0 aliphatic carbocycles. The number of nitrogens with zero attached hydrogens (tertiary/aromatic N) is 5. The zero-order chi connectivity index (χ0) is 13.9. The summed E-state index contributed by atoms with van der Waals surface area (Å²) in [5, 5.41) is 13.2. The van der Waals surface area contributed by atoms with Gasteiger partial charge >= 0.3 is 0 Å². The third-order valence-corrected chi connectivity index (χ3v) is 3.54. The van der Waals surface area contributed by atoms with Crippen LogP contribution in [-0.2, 0) is 0 Å². The summed E-state index contributed by atoms with van der Waals surface area (Å²) in [4.78, 5) is 10.8. The number of aryl methyl sites for hydroxylation is 1. The predicted molar refractivity (Wildman–Crippen MR) is 72.2 cm³/mol. The fraction of sp³-hybridized carbons (Fsp3) is 0.429.